The number of hydrogen-bond acceptors (Lipinski definition) is 5. The molecular formula is C14H18N2O4S. The Kier molecular flexibility index (Phi) is 5.35. The van der Waals surface area contributed by atoms with Crippen LogP contribution >= 0.6 is 12.2 Å². The van der Waals surface area contributed by atoms with Gasteiger partial charge in [-0.3, -0.25) is 4.79 Å². The molecule has 0 aromatic heterocycles. The summed E-state index contributed by atoms with van der Waals surface area (Å²) in [6, 6.07) is 5.18. The lowest BCUT2D eigenvalue weighted by molar-refractivity contribution is -0.111. The summed E-state index contributed by atoms with van der Waals surface area (Å²) < 4.78 is 15.6. The van der Waals surface area contributed by atoms with Gasteiger partial charge in [-0.1, -0.05) is 12.2 Å². The summed E-state index contributed by atoms with van der Waals surface area (Å²) in [5, 5.41) is 2.77. The van der Waals surface area contributed by atoms with Crippen LogP contribution in [0.5, 0.6) is 11.5 Å². The van der Waals surface area contributed by atoms with Crippen molar-refractivity contribution in [2.45, 2.75) is 0 Å². The monoisotopic (exact) mass is 310 g/mol. The van der Waals surface area contributed by atoms with E-state index in [1.165, 1.54) is 7.11 Å². The summed E-state index contributed by atoms with van der Waals surface area (Å²) in [7, 11) is 3.10. The fourth-order valence-corrected chi connectivity index (χ4v) is 2.23. The number of ether oxygens (including phenoxy) is 3. The Hall–Kier alpha value is -1.86. The minimum atomic E-state index is -0.335. The molecule has 0 spiro atoms. The maximum absolute atomic E-state index is 12.2. The molecule has 0 saturated carbocycles. The van der Waals surface area contributed by atoms with E-state index >= 15 is 0 Å². The van der Waals surface area contributed by atoms with Gasteiger partial charge in [-0.15, -0.1) is 0 Å². The second kappa shape index (κ2) is 7.24. The summed E-state index contributed by atoms with van der Waals surface area (Å²) in [4.78, 5) is 14.3. The Balaban J connectivity index is 2.09. The van der Waals surface area contributed by atoms with Gasteiger partial charge < -0.3 is 24.4 Å². The van der Waals surface area contributed by atoms with Gasteiger partial charge in [0.15, 0.2) is 4.99 Å². The zero-order valence-corrected chi connectivity index (χ0v) is 12.9. The van der Waals surface area contributed by atoms with Crippen molar-refractivity contribution in [2.75, 3.05) is 45.8 Å². The zero-order valence-electron chi connectivity index (χ0n) is 12.0. The zero-order chi connectivity index (χ0) is 15.2. The number of carbonyl (C=O) groups excluding carboxylic acids is 1. The van der Waals surface area contributed by atoms with Crippen molar-refractivity contribution in [1.82, 2.24) is 4.90 Å². The molecule has 1 aliphatic heterocycles. The van der Waals surface area contributed by atoms with Crippen LogP contribution in [0, 0.1) is 0 Å². The molecule has 1 heterocycles. The fourth-order valence-electron chi connectivity index (χ4n) is 2.00. The van der Waals surface area contributed by atoms with Gasteiger partial charge in [0.25, 0.3) is 5.91 Å². The summed E-state index contributed by atoms with van der Waals surface area (Å²) in [5.41, 5.74) is 0.525. The molecular weight excluding hydrogens is 292 g/mol. The molecule has 1 N–H and O–H groups in total. The minimum absolute atomic E-state index is 0.253. The van der Waals surface area contributed by atoms with Crippen molar-refractivity contribution in [3.05, 3.63) is 18.2 Å². The van der Waals surface area contributed by atoms with Crippen LogP contribution in [-0.4, -0.2) is 56.3 Å². The molecule has 0 atom stereocenters. The number of amides is 1. The van der Waals surface area contributed by atoms with Gasteiger partial charge in [-0.25, -0.2) is 0 Å². The highest BCUT2D eigenvalue weighted by Crippen LogP contribution is 2.28. The van der Waals surface area contributed by atoms with E-state index in [2.05, 4.69) is 5.32 Å². The summed E-state index contributed by atoms with van der Waals surface area (Å²) in [5.74, 6) is 0.843. The normalized spacial score (nSPS) is 14.5. The Labute approximate surface area is 129 Å². The second-order valence-electron chi connectivity index (χ2n) is 4.42. The molecule has 21 heavy (non-hydrogen) atoms. The van der Waals surface area contributed by atoms with Crippen molar-refractivity contribution in [3.63, 3.8) is 0 Å². The Morgan fingerprint density at radius 2 is 2.00 bits per heavy atom. The molecule has 1 fully saturated rings. The topological polar surface area (TPSA) is 60.0 Å². The van der Waals surface area contributed by atoms with Crippen LogP contribution in [0.15, 0.2) is 18.2 Å². The Morgan fingerprint density at radius 1 is 1.29 bits per heavy atom. The third-order valence-corrected chi connectivity index (χ3v) is 3.59. The van der Waals surface area contributed by atoms with Crippen LogP contribution in [0.25, 0.3) is 0 Å². The number of nitrogens with one attached hydrogen (secondary N) is 1. The molecule has 0 aliphatic carbocycles. The van der Waals surface area contributed by atoms with E-state index in [1.807, 2.05) is 4.90 Å². The maximum atomic E-state index is 12.2. The van der Waals surface area contributed by atoms with Gasteiger partial charge in [-0.05, 0) is 12.1 Å². The number of anilines is 1. The lowest BCUT2D eigenvalue weighted by Gasteiger charge is -2.28. The number of morpholine rings is 1. The fraction of sp³-hybridized carbons (Fsp3) is 0.429. The molecule has 6 nitrogen and oxygen atoms in total. The van der Waals surface area contributed by atoms with E-state index in [1.54, 1.807) is 25.3 Å². The van der Waals surface area contributed by atoms with Crippen molar-refractivity contribution in [1.29, 1.82) is 0 Å². The van der Waals surface area contributed by atoms with Gasteiger partial charge in [0.05, 0.1) is 33.1 Å². The van der Waals surface area contributed by atoms with Crippen LogP contribution in [0.3, 0.4) is 0 Å². The smallest absolute Gasteiger partial charge is 0.283 e. The first kappa shape index (κ1) is 15.5. The number of carbonyl (C=O) groups is 1. The molecule has 114 valence electrons. The van der Waals surface area contributed by atoms with Crippen LogP contribution in [0.1, 0.15) is 0 Å². The first-order valence-corrected chi connectivity index (χ1v) is 6.96. The third-order valence-electron chi connectivity index (χ3n) is 3.15. The van der Waals surface area contributed by atoms with Crippen LogP contribution < -0.4 is 14.8 Å². The molecule has 7 heteroatoms. The standard InChI is InChI=1S/C14H18N2O4S/c1-18-10-3-4-12(19-2)11(9-10)15-13(17)14(21)16-5-7-20-8-6-16/h3-4,9H,5-8H2,1-2H3,(H,15,17). The second-order valence-corrected chi connectivity index (χ2v) is 4.81. The number of thiocarbonyl (C=S) groups is 1. The molecule has 1 aromatic rings. The quantitative estimate of drug-likeness (QED) is 0.849. The van der Waals surface area contributed by atoms with Crippen LogP contribution in [0.4, 0.5) is 5.69 Å². The summed E-state index contributed by atoms with van der Waals surface area (Å²) in [6.45, 7) is 2.41. The average molecular weight is 310 g/mol. The predicted molar refractivity (Wildman–Crippen MR) is 83.2 cm³/mol. The van der Waals surface area contributed by atoms with Gasteiger partial charge in [0, 0.05) is 19.2 Å². The largest absolute Gasteiger partial charge is 0.497 e. The highest BCUT2D eigenvalue weighted by molar-refractivity contribution is 7.82. The van der Waals surface area contributed by atoms with Gasteiger partial charge >= 0.3 is 0 Å². The highest BCUT2D eigenvalue weighted by atomic mass is 32.1. The number of methoxy groups -OCH3 is 2. The average Bonchev–Trinajstić information content (AvgIpc) is 2.54. The number of hydrogen-bond donors (Lipinski definition) is 1. The van der Waals surface area contributed by atoms with Gasteiger partial charge in [0.2, 0.25) is 0 Å². The van der Waals surface area contributed by atoms with E-state index in [-0.39, 0.29) is 10.9 Å². The summed E-state index contributed by atoms with van der Waals surface area (Å²) >= 11 is 5.22. The van der Waals surface area contributed by atoms with Crippen LogP contribution in [-0.2, 0) is 9.53 Å². The molecule has 1 saturated heterocycles. The van der Waals surface area contributed by atoms with Gasteiger partial charge in [-0.2, -0.15) is 0 Å². The van der Waals surface area contributed by atoms with Gasteiger partial charge in [0.1, 0.15) is 11.5 Å². The summed E-state index contributed by atoms with van der Waals surface area (Å²) in [6.07, 6.45) is 0. The molecule has 0 unspecified atom stereocenters. The van der Waals surface area contributed by atoms with E-state index in [9.17, 15) is 4.79 Å². The SMILES string of the molecule is COc1ccc(OC)c(NC(=O)C(=S)N2CCOCC2)c1. The Bertz CT molecular complexity index is 530. The third kappa shape index (κ3) is 3.83. The van der Waals surface area contributed by atoms with Crippen molar-refractivity contribution < 1.29 is 19.0 Å². The predicted octanol–water partition coefficient (Wildman–Crippen LogP) is 1.30. The van der Waals surface area contributed by atoms with E-state index in [0.717, 1.165) is 0 Å². The maximum Gasteiger partial charge on any atom is 0.283 e. The van der Waals surface area contributed by atoms with E-state index < -0.39 is 0 Å². The molecule has 1 aromatic carbocycles. The number of nitrogens with zero attached hydrogens (tertiary/aromatic N) is 1. The molecule has 2 rings (SSSR count). The first-order chi connectivity index (χ1) is 10.2. The number of benzene rings is 1. The van der Waals surface area contributed by atoms with Crippen molar-refractivity contribution in [2.24, 2.45) is 0 Å². The lowest BCUT2D eigenvalue weighted by atomic mass is 10.2. The van der Waals surface area contributed by atoms with Crippen molar-refractivity contribution in [3.8, 4) is 11.5 Å². The Morgan fingerprint density at radius 3 is 2.62 bits per heavy atom. The molecule has 1 amide bonds. The molecule has 1 aliphatic rings. The first-order valence-electron chi connectivity index (χ1n) is 6.55. The van der Waals surface area contributed by atoms with Crippen LogP contribution in [0.2, 0.25) is 0 Å². The lowest BCUT2D eigenvalue weighted by Crippen LogP contribution is -2.44. The molecule has 0 bridgehead atoms. The van der Waals surface area contributed by atoms with Crippen molar-refractivity contribution >= 4 is 28.8 Å². The number of rotatable bonds is 3. The minimum Gasteiger partial charge on any atom is -0.497 e. The van der Waals surface area contributed by atoms with E-state index in [4.69, 9.17) is 26.4 Å². The molecule has 0 radical (unpaired) electrons. The van der Waals surface area contributed by atoms with E-state index in [0.29, 0.717) is 43.5 Å². The highest BCUT2D eigenvalue weighted by Gasteiger charge is 2.21.